The third-order valence-electron chi connectivity index (χ3n) is 5.09. The van der Waals surface area contributed by atoms with Crippen LogP contribution in [-0.4, -0.2) is 18.6 Å². The highest BCUT2D eigenvalue weighted by Gasteiger charge is 2.23. The summed E-state index contributed by atoms with van der Waals surface area (Å²) in [5.74, 6) is 1.02. The van der Waals surface area contributed by atoms with Gasteiger partial charge in [-0.05, 0) is 54.1 Å². The Bertz CT molecular complexity index is 1290. The summed E-state index contributed by atoms with van der Waals surface area (Å²) in [5.41, 5.74) is 2.14. The lowest BCUT2D eigenvalue weighted by Gasteiger charge is -2.17. The zero-order chi connectivity index (χ0) is 23.3. The molecule has 5 rings (SSSR count). The van der Waals surface area contributed by atoms with Gasteiger partial charge in [0.25, 0.3) is 5.91 Å². The van der Waals surface area contributed by atoms with Gasteiger partial charge >= 0.3 is 0 Å². The molecule has 3 aromatic carbocycles. The Labute approximate surface area is 200 Å². The predicted molar refractivity (Wildman–Crippen MR) is 129 cm³/mol. The lowest BCUT2D eigenvalue weighted by Crippen LogP contribution is -2.19. The first-order valence-electron chi connectivity index (χ1n) is 10.5. The second kappa shape index (κ2) is 9.76. The van der Waals surface area contributed by atoms with Gasteiger partial charge in [0, 0.05) is 22.3 Å². The summed E-state index contributed by atoms with van der Waals surface area (Å²) in [6.45, 7) is 0.174. The summed E-state index contributed by atoms with van der Waals surface area (Å²) in [5, 5.41) is 5.28. The Balaban J connectivity index is 1.31. The van der Waals surface area contributed by atoms with Crippen molar-refractivity contribution in [1.29, 1.82) is 0 Å². The second-order valence-electron chi connectivity index (χ2n) is 7.42. The van der Waals surface area contributed by atoms with Crippen molar-refractivity contribution in [3.8, 4) is 11.5 Å². The Morgan fingerprint density at radius 2 is 1.56 bits per heavy atom. The Kier molecular flexibility index (Phi) is 6.22. The van der Waals surface area contributed by atoms with Gasteiger partial charge in [-0.2, -0.15) is 0 Å². The van der Waals surface area contributed by atoms with Crippen molar-refractivity contribution in [2.45, 2.75) is 10.1 Å². The summed E-state index contributed by atoms with van der Waals surface area (Å²) in [4.78, 5) is 26.3. The molecule has 0 aliphatic carbocycles. The average molecular weight is 473 g/mol. The maximum absolute atomic E-state index is 13.3. The number of furan rings is 1. The van der Waals surface area contributed by atoms with Gasteiger partial charge in [-0.3, -0.25) is 9.59 Å². The molecule has 170 valence electrons. The monoisotopic (exact) mass is 472 g/mol. The zero-order valence-corrected chi connectivity index (χ0v) is 18.7. The molecule has 2 heterocycles. The number of rotatable bonds is 7. The number of hydrogen-bond donors (Lipinski definition) is 2. The van der Waals surface area contributed by atoms with Gasteiger partial charge in [0.1, 0.15) is 5.25 Å². The molecule has 7 nitrogen and oxygen atoms in total. The number of ether oxygens (including phenoxy) is 2. The number of carbonyl (C=O) groups excluding carboxylic acids is 2. The van der Waals surface area contributed by atoms with E-state index in [4.69, 9.17) is 13.9 Å². The van der Waals surface area contributed by atoms with Gasteiger partial charge < -0.3 is 24.5 Å². The molecule has 2 amide bonds. The molecule has 0 radical (unpaired) electrons. The SMILES string of the molecule is O=C(Nc1ccc(SC(C(=O)Nc2ccc3c(c2)OCO3)c2ccccc2)cc1)c1ccco1. The predicted octanol–water partition coefficient (Wildman–Crippen LogP) is 5.73. The summed E-state index contributed by atoms with van der Waals surface area (Å²) in [6, 6.07) is 25.5. The highest BCUT2D eigenvalue weighted by Crippen LogP contribution is 2.38. The highest BCUT2D eigenvalue weighted by molar-refractivity contribution is 8.00. The second-order valence-corrected chi connectivity index (χ2v) is 8.60. The zero-order valence-electron chi connectivity index (χ0n) is 17.9. The third kappa shape index (κ3) is 4.92. The number of anilines is 2. The van der Waals surface area contributed by atoms with Crippen LogP contribution in [0.5, 0.6) is 11.5 Å². The largest absolute Gasteiger partial charge is 0.459 e. The number of nitrogens with one attached hydrogen (secondary N) is 2. The fourth-order valence-corrected chi connectivity index (χ4v) is 4.46. The molecule has 4 aromatic rings. The average Bonchev–Trinajstić information content (AvgIpc) is 3.56. The highest BCUT2D eigenvalue weighted by atomic mass is 32.2. The number of amides is 2. The lowest BCUT2D eigenvalue weighted by atomic mass is 10.1. The molecular weight excluding hydrogens is 452 g/mol. The summed E-state index contributed by atoms with van der Waals surface area (Å²) >= 11 is 1.42. The van der Waals surface area contributed by atoms with Crippen molar-refractivity contribution < 1.29 is 23.5 Å². The number of benzene rings is 3. The van der Waals surface area contributed by atoms with Crippen molar-refractivity contribution in [1.82, 2.24) is 0 Å². The van der Waals surface area contributed by atoms with E-state index in [1.165, 1.54) is 18.0 Å². The van der Waals surface area contributed by atoms with Crippen molar-refractivity contribution in [3.05, 3.63) is 103 Å². The van der Waals surface area contributed by atoms with Crippen molar-refractivity contribution >= 4 is 35.0 Å². The normalized spacial score (nSPS) is 12.7. The van der Waals surface area contributed by atoms with E-state index in [-0.39, 0.29) is 24.4 Å². The minimum absolute atomic E-state index is 0.162. The standard InChI is InChI=1S/C26H20N2O5S/c29-25(22-7-4-14-31-22)27-18-8-11-20(12-9-18)34-24(17-5-2-1-3-6-17)26(30)28-19-10-13-21-23(15-19)33-16-32-21/h1-15,24H,16H2,(H,27,29)(H,28,30). The molecular formula is C26H20N2O5S. The van der Waals surface area contributed by atoms with Crippen LogP contribution in [0.1, 0.15) is 21.4 Å². The van der Waals surface area contributed by atoms with Crippen LogP contribution in [0.25, 0.3) is 0 Å². The maximum Gasteiger partial charge on any atom is 0.291 e. The molecule has 0 bridgehead atoms. The van der Waals surface area contributed by atoms with Gasteiger partial charge in [-0.1, -0.05) is 30.3 Å². The molecule has 1 aromatic heterocycles. The minimum atomic E-state index is -0.491. The molecule has 1 aliphatic rings. The molecule has 34 heavy (non-hydrogen) atoms. The van der Waals surface area contributed by atoms with E-state index in [2.05, 4.69) is 10.6 Å². The van der Waals surface area contributed by atoms with Crippen molar-refractivity contribution in [2.75, 3.05) is 17.4 Å². The first-order valence-corrected chi connectivity index (χ1v) is 11.4. The van der Waals surface area contributed by atoms with Crippen molar-refractivity contribution in [2.24, 2.45) is 0 Å². The Hall–Kier alpha value is -4.17. The molecule has 0 saturated carbocycles. The molecule has 2 N–H and O–H groups in total. The summed E-state index contributed by atoms with van der Waals surface area (Å²) in [6.07, 6.45) is 1.45. The molecule has 1 aliphatic heterocycles. The molecule has 1 atom stereocenters. The van der Waals surface area contributed by atoms with Crippen LogP contribution in [0.2, 0.25) is 0 Å². The van der Waals surface area contributed by atoms with Crippen LogP contribution in [-0.2, 0) is 4.79 Å². The van der Waals surface area contributed by atoms with Crippen LogP contribution in [0.4, 0.5) is 11.4 Å². The molecule has 0 fully saturated rings. The van der Waals surface area contributed by atoms with Gasteiger partial charge in [-0.25, -0.2) is 0 Å². The van der Waals surface area contributed by atoms with Crippen LogP contribution in [0.3, 0.4) is 0 Å². The van der Waals surface area contributed by atoms with Gasteiger partial charge in [0.05, 0.1) is 6.26 Å². The number of thioether (sulfide) groups is 1. The molecule has 0 spiro atoms. The first-order chi connectivity index (χ1) is 16.7. The van der Waals surface area contributed by atoms with Gasteiger partial charge in [0.2, 0.25) is 12.7 Å². The Morgan fingerprint density at radius 3 is 2.32 bits per heavy atom. The van der Waals surface area contributed by atoms with Gasteiger partial charge in [-0.15, -0.1) is 11.8 Å². The summed E-state index contributed by atoms with van der Waals surface area (Å²) in [7, 11) is 0. The smallest absolute Gasteiger partial charge is 0.291 e. The minimum Gasteiger partial charge on any atom is -0.459 e. The molecule has 8 heteroatoms. The quantitative estimate of drug-likeness (QED) is 0.334. The number of hydrogen-bond acceptors (Lipinski definition) is 6. The Morgan fingerprint density at radius 1 is 0.794 bits per heavy atom. The lowest BCUT2D eigenvalue weighted by molar-refractivity contribution is -0.115. The number of fused-ring (bicyclic) bond motifs is 1. The molecule has 0 saturated heterocycles. The molecule has 1 unspecified atom stereocenters. The van der Waals surface area contributed by atoms with E-state index < -0.39 is 5.25 Å². The van der Waals surface area contributed by atoms with E-state index in [0.717, 1.165) is 10.5 Å². The third-order valence-corrected chi connectivity index (χ3v) is 6.36. The fraction of sp³-hybridized carbons (Fsp3) is 0.0769. The van der Waals surface area contributed by atoms with Crippen LogP contribution in [0, 0.1) is 0 Å². The van der Waals surface area contributed by atoms with Crippen molar-refractivity contribution in [3.63, 3.8) is 0 Å². The van der Waals surface area contributed by atoms with Gasteiger partial charge in [0.15, 0.2) is 17.3 Å². The maximum atomic E-state index is 13.3. The van der Waals surface area contributed by atoms with Crippen LogP contribution >= 0.6 is 11.8 Å². The van der Waals surface area contributed by atoms with E-state index >= 15 is 0 Å². The van der Waals surface area contributed by atoms with Crippen LogP contribution in [0.15, 0.2) is 101 Å². The van der Waals surface area contributed by atoms with Crippen LogP contribution < -0.4 is 20.1 Å². The topological polar surface area (TPSA) is 89.8 Å². The van der Waals surface area contributed by atoms with E-state index in [9.17, 15) is 9.59 Å². The summed E-state index contributed by atoms with van der Waals surface area (Å²) < 4.78 is 15.9. The number of carbonyl (C=O) groups is 2. The van der Waals surface area contributed by atoms with E-state index in [1.807, 2.05) is 42.5 Å². The first kappa shape index (κ1) is 21.7. The van der Waals surface area contributed by atoms with E-state index in [1.54, 1.807) is 42.5 Å². The van der Waals surface area contributed by atoms with E-state index in [0.29, 0.717) is 22.9 Å². The fourth-order valence-electron chi connectivity index (χ4n) is 3.44.